The standard InChI is InChI=1S/C14H18ClNO3S/c15-12-7-6-9(20-12)8-13(17)16-11-5-3-1-2-4-10(11)14(18)19/h6-7,10-11H,1-5,8H2,(H,16,17)(H,18,19)/t10-,11+/m1/s1. The number of carboxylic acid groups (broad SMARTS) is 1. The monoisotopic (exact) mass is 315 g/mol. The van der Waals surface area contributed by atoms with E-state index in [-0.39, 0.29) is 18.4 Å². The van der Waals surface area contributed by atoms with Crippen LogP contribution in [0.4, 0.5) is 0 Å². The van der Waals surface area contributed by atoms with Crippen molar-refractivity contribution < 1.29 is 14.7 Å². The van der Waals surface area contributed by atoms with Crippen molar-refractivity contribution in [2.45, 2.75) is 44.6 Å². The summed E-state index contributed by atoms with van der Waals surface area (Å²) in [5, 5.41) is 12.2. The normalized spacial score (nSPS) is 23.1. The summed E-state index contributed by atoms with van der Waals surface area (Å²) in [4.78, 5) is 24.2. The zero-order chi connectivity index (χ0) is 14.5. The summed E-state index contributed by atoms with van der Waals surface area (Å²) in [6, 6.07) is 3.34. The zero-order valence-corrected chi connectivity index (χ0v) is 12.7. The van der Waals surface area contributed by atoms with Gasteiger partial charge >= 0.3 is 5.97 Å². The van der Waals surface area contributed by atoms with Gasteiger partial charge in [-0.2, -0.15) is 0 Å². The Kier molecular flexibility index (Phi) is 5.43. The first-order chi connectivity index (χ1) is 9.56. The molecule has 0 spiro atoms. The number of nitrogens with one attached hydrogen (secondary N) is 1. The van der Waals surface area contributed by atoms with Gasteiger partial charge in [-0.15, -0.1) is 11.3 Å². The third-order valence-corrected chi connectivity index (χ3v) is 4.87. The highest BCUT2D eigenvalue weighted by Crippen LogP contribution is 2.25. The lowest BCUT2D eigenvalue weighted by molar-refractivity contribution is -0.143. The fraction of sp³-hybridized carbons (Fsp3) is 0.571. The van der Waals surface area contributed by atoms with Gasteiger partial charge in [0, 0.05) is 10.9 Å². The molecular weight excluding hydrogens is 298 g/mol. The first kappa shape index (κ1) is 15.3. The van der Waals surface area contributed by atoms with Crippen LogP contribution in [0.15, 0.2) is 12.1 Å². The molecule has 2 rings (SSSR count). The van der Waals surface area contributed by atoms with E-state index in [9.17, 15) is 14.7 Å². The predicted molar refractivity (Wildman–Crippen MR) is 79.2 cm³/mol. The molecule has 2 atom stereocenters. The van der Waals surface area contributed by atoms with Gasteiger partial charge in [-0.05, 0) is 25.0 Å². The van der Waals surface area contributed by atoms with Gasteiger partial charge in [-0.25, -0.2) is 0 Å². The fourth-order valence-corrected chi connectivity index (χ4v) is 3.72. The van der Waals surface area contributed by atoms with E-state index in [1.54, 1.807) is 6.07 Å². The number of thiophene rings is 1. The average molecular weight is 316 g/mol. The number of carbonyl (C=O) groups is 2. The minimum Gasteiger partial charge on any atom is -0.481 e. The third-order valence-electron chi connectivity index (χ3n) is 3.64. The Hall–Kier alpha value is -1.07. The molecule has 0 saturated heterocycles. The maximum Gasteiger partial charge on any atom is 0.308 e. The van der Waals surface area contributed by atoms with Crippen LogP contribution in [-0.2, 0) is 16.0 Å². The second-order valence-corrected chi connectivity index (χ2v) is 6.94. The van der Waals surface area contributed by atoms with E-state index in [1.807, 2.05) is 6.07 Å². The molecule has 1 aliphatic carbocycles. The molecule has 20 heavy (non-hydrogen) atoms. The van der Waals surface area contributed by atoms with Gasteiger partial charge in [0.2, 0.25) is 5.91 Å². The van der Waals surface area contributed by atoms with Crippen molar-refractivity contribution in [3.63, 3.8) is 0 Å². The Morgan fingerprint density at radius 3 is 2.70 bits per heavy atom. The Balaban J connectivity index is 1.95. The van der Waals surface area contributed by atoms with E-state index in [1.165, 1.54) is 11.3 Å². The molecule has 1 fully saturated rings. The smallest absolute Gasteiger partial charge is 0.308 e. The van der Waals surface area contributed by atoms with Crippen molar-refractivity contribution in [2.24, 2.45) is 5.92 Å². The van der Waals surface area contributed by atoms with Gasteiger partial charge in [0.05, 0.1) is 16.7 Å². The van der Waals surface area contributed by atoms with E-state index in [2.05, 4.69) is 5.32 Å². The van der Waals surface area contributed by atoms with Crippen molar-refractivity contribution in [2.75, 3.05) is 0 Å². The van der Waals surface area contributed by atoms with Crippen LogP contribution in [0, 0.1) is 5.92 Å². The number of halogens is 1. The molecule has 1 saturated carbocycles. The molecule has 1 heterocycles. The topological polar surface area (TPSA) is 66.4 Å². The summed E-state index contributed by atoms with van der Waals surface area (Å²) >= 11 is 7.21. The van der Waals surface area contributed by atoms with E-state index in [4.69, 9.17) is 11.6 Å². The van der Waals surface area contributed by atoms with Crippen molar-refractivity contribution in [3.8, 4) is 0 Å². The van der Waals surface area contributed by atoms with Gasteiger partial charge in [-0.3, -0.25) is 9.59 Å². The number of aliphatic carboxylic acids is 1. The largest absolute Gasteiger partial charge is 0.481 e. The molecule has 110 valence electrons. The van der Waals surface area contributed by atoms with Crippen molar-refractivity contribution in [1.29, 1.82) is 0 Å². The molecule has 0 radical (unpaired) electrons. The highest BCUT2D eigenvalue weighted by molar-refractivity contribution is 7.16. The number of amides is 1. The predicted octanol–water partition coefficient (Wildman–Crippen LogP) is 3.09. The van der Waals surface area contributed by atoms with Crippen LogP contribution in [-0.4, -0.2) is 23.0 Å². The maximum absolute atomic E-state index is 12.0. The molecule has 1 aromatic rings. The van der Waals surface area contributed by atoms with Gasteiger partial charge in [0.25, 0.3) is 0 Å². The summed E-state index contributed by atoms with van der Waals surface area (Å²) in [5.74, 6) is -1.40. The first-order valence-corrected chi connectivity index (χ1v) is 8.02. The van der Waals surface area contributed by atoms with E-state index >= 15 is 0 Å². The second kappa shape index (κ2) is 7.09. The molecule has 0 aromatic carbocycles. The molecular formula is C14H18ClNO3S. The summed E-state index contributed by atoms with van der Waals surface area (Å²) in [7, 11) is 0. The van der Waals surface area contributed by atoms with Crippen LogP contribution in [0.3, 0.4) is 0 Å². The molecule has 1 aliphatic rings. The van der Waals surface area contributed by atoms with Crippen LogP contribution in [0.2, 0.25) is 4.34 Å². The molecule has 1 amide bonds. The maximum atomic E-state index is 12.0. The van der Waals surface area contributed by atoms with Crippen LogP contribution >= 0.6 is 22.9 Å². The number of carbonyl (C=O) groups excluding carboxylic acids is 1. The average Bonchev–Trinajstić information content (AvgIpc) is 2.64. The molecule has 0 unspecified atom stereocenters. The van der Waals surface area contributed by atoms with Crippen LogP contribution < -0.4 is 5.32 Å². The molecule has 2 N–H and O–H groups in total. The van der Waals surface area contributed by atoms with Crippen molar-refractivity contribution in [1.82, 2.24) is 5.32 Å². The van der Waals surface area contributed by atoms with Gasteiger partial charge in [-0.1, -0.05) is 30.9 Å². The molecule has 6 heteroatoms. The van der Waals surface area contributed by atoms with Crippen LogP contribution in [0.5, 0.6) is 0 Å². The van der Waals surface area contributed by atoms with E-state index in [0.717, 1.165) is 30.6 Å². The fourth-order valence-electron chi connectivity index (χ4n) is 2.64. The number of hydrogen-bond donors (Lipinski definition) is 2. The summed E-state index contributed by atoms with van der Waals surface area (Å²) in [6.45, 7) is 0. The molecule has 0 bridgehead atoms. The number of hydrogen-bond acceptors (Lipinski definition) is 3. The van der Waals surface area contributed by atoms with Gasteiger partial charge in [0.1, 0.15) is 0 Å². The lowest BCUT2D eigenvalue weighted by atomic mass is 9.95. The Labute approximate surface area is 127 Å². The first-order valence-electron chi connectivity index (χ1n) is 6.82. The van der Waals surface area contributed by atoms with E-state index in [0.29, 0.717) is 10.8 Å². The molecule has 1 aromatic heterocycles. The van der Waals surface area contributed by atoms with Gasteiger partial charge in [0.15, 0.2) is 0 Å². The van der Waals surface area contributed by atoms with Crippen molar-refractivity contribution in [3.05, 3.63) is 21.3 Å². The van der Waals surface area contributed by atoms with Gasteiger partial charge < -0.3 is 10.4 Å². The Bertz CT molecular complexity index is 489. The number of carboxylic acids is 1. The quantitative estimate of drug-likeness (QED) is 0.839. The van der Waals surface area contributed by atoms with E-state index < -0.39 is 11.9 Å². The van der Waals surface area contributed by atoms with Crippen LogP contribution in [0.25, 0.3) is 0 Å². The van der Waals surface area contributed by atoms with Crippen LogP contribution in [0.1, 0.15) is 37.0 Å². The minimum atomic E-state index is -0.809. The summed E-state index contributed by atoms with van der Waals surface area (Å²) in [6.07, 6.45) is 4.58. The highest BCUT2D eigenvalue weighted by atomic mass is 35.5. The highest BCUT2D eigenvalue weighted by Gasteiger charge is 2.30. The summed E-state index contributed by atoms with van der Waals surface area (Å²) in [5.41, 5.74) is 0. The third kappa shape index (κ3) is 4.21. The molecule has 0 aliphatic heterocycles. The summed E-state index contributed by atoms with van der Waals surface area (Å²) < 4.78 is 0.658. The SMILES string of the molecule is O=C(Cc1ccc(Cl)s1)N[C@H]1CCCCC[C@H]1C(=O)O. The second-order valence-electron chi connectivity index (χ2n) is 5.14. The lowest BCUT2D eigenvalue weighted by Crippen LogP contribution is -2.43. The zero-order valence-electron chi connectivity index (χ0n) is 11.1. The molecule has 4 nitrogen and oxygen atoms in total. The number of rotatable bonds is 4. The Morgan fingerprint density at radius 1 is 1.30 bits per heavy atom. The van der Waals surface area contributed by atoms with Crippen molar-refractivity contribution >= 4 is 34.8 Å². The minimum absolute atomic E-state index is 0.123. The lowest BCUT2D eigenvalue weighted by Gasteiger charge is -2.22. The Morgan fingerprint density at radius 2 is 2.05 bits per heavy atom.